The van der Waals surface area contributed by atoms with E-state index in [1.54, 1.807) is 22.9 Å². The first-order valence-corrected chi connectivity index (χ1v) is 6.87. The molecular formula is C13H18N2O2S. The highest BCUT2D eigenvalue weighted by molar-refractivity contribution is 8.00. The van der Waals surface area contributed by atoms with Crippen molar-refractivity contribution in [3.05, 3.63) is 24.4 Å². The summed E-state index contributed by atoms with van der Waals surface area (Å²) in [5, 5.41) is 1.43. The van der Waals surface area contributed by atoms with Crippen molar-refractivity contribution in [2.75, 3.05) is 13.1 Å². The average molecular weight is 266 g/mol. The fraction of sp³-hybridized carbons (Fsp3) is 0.538. The molecule has 1 aliphatic heterocycles. The molecule has 1 aromatic heterocycles. The van der Waals surface area contributed by atoms with Crippen LogP contribution >= 0.6 is 11.8 Å². The van der Waals surface area contributed by atoms with Crippen LogP contribution in [0, 0.1) is 0 Å². The van der Waals surface area contributed by atoms with Gasteiger partial charge in [-0.1, -0.05) is 17.8 Å². The second-order valence-electron chi connectivity index (χ2n) is 5.29. The smallest absolute Gasteiger partial charge is 0.410 e. The fourth-order valence-corrected chi connectivity index (χ4v) is 2.71. The molecule has 18 heavy (non-hydrogen) atoms. The molecule has 4 nitrogen and oxygen atoms in total. The Labute approximate surface area is 112 Å². The zero-order valence-electron chi connectivity index (χ0n) is 10.9. The number of rotatable bonds is 2. The number of amides is 1. The van der Waals surface area contributed by atoms with E-state index in [0.29, 0.717) is 5.25 Å². The molecule has 98 valence electrons. The third-order valence-corrected chi connectivity index (χ3v) is 3.54. The topological polar surface area (TPSA) is 42.4 Å². The molecule has 2 rings (SSSR count). The molecular weight excluding hydrogens is 248 g/mol. The number of aromatic nitrogens is 1. The van der Waals surface area contributed by atoms with Gasteiger partial charge in [-0.25, -0.2) is 9.78 Å². The first kappa shape index (κ1) is 13.2. The van der Waals surface area contributed by atoms with E-state index in [4.69, 9.17) is 4.74 Å². The third kappa shape index (κ3) is 3.63. The van der Waals surface area contributed by atoms with Gasteiger partial charge in [0, 0.05) is 24.5 Å². The maximum atomic E-state index is 11.7. The van der Waals surface area contributed by atoms with Gasteiger partial charge in [0.2, 0.25) is 0 Å². The minimum absolute atomic E-state index is 0.222. The van der Waals surface area contributed by atoms with Gasteiger partial charge in [-0.05, 0) is 32.9 Å². The zero-order valence-corrected chi connectivity index (χ0v) is 11.7. The summed E-state index contributed by atoms with van der Waals surface area (Å²) >= 11 is 1.71. The van der Waals surface area contributed by atoms with E-state index in [2.05, 4.69) is 4.98 Å². The number of carbonyl (C=O) groups is 1. The summed E-state index contributed by atoms with van der Waals surface area (Å²) in [5.74, 6) is 0. The monoisotopic (exact) mass is 266 g/mol. The summed E-state index contributed by atoms with van der Waals surface area (Å²) in [6.07, 6.45) is 1.56. The van der Waals surface area contributed by atoms with Crippen molar-refractivity contribution < 1.29 is 9.53 Å². The van der Waals surface area contributed by atoms with Crippen LogP contribution in [0.1, 0.15) is 20.8 Å². The predicted molar refractivity (Wildman–Crippen MR) is 71.7 cm³/mol. The molecule has 1 amide bonds. The van der Waals surface area contributed by atoms with Crippen LogP contribution in [0.15, 0.2) is 29.4 Å². The second-order valence-corrected chi connectivity index (χ2v) is 6.61. The molecule has 1 fully saturated rings. The number of pyridine rings is 1. The van der Waals surface area contributed by atoms with Gasteiger partial charge in [-0.3, -0.25) is 0 Å². The van der Waals surface area contributed by atoms with Gasteiger partial charge in [0.1, 0.15) is 5.60 Å². The van der Waals surface area contributed by atoms with E-state index < -0.39 is 5.60 Å². The Bertz CT molecular complexity index is 411. The van der Waals surface area contributed by atoms with Gasteiger partial charge >= 0.3 is 6.09 Å². The minimum atomic E-state index is -0.420. The number of ether oxygens (including phenoxy) is 1. The average Bonchev–Trinajstić information content (AvgIpc) is 2.21. The molecule has 0 saturated carbocycles. The standard InChI is InChI=1S/C13H18N2O2S/c1-13(2,3)17-12(16)15-8-10(9-15)18-11-6-4-5-7-14-11/h4-7,10H,8-9H2,1-3H3. The summed E-state index contributed by atoms with van der Waals surface area (Å²) in [5.41, 5.74) is -0.420. The van der Waals surface area contributed by atoms with Gasteiger partial charge < -0.3 is 9.64 Å². The maximum Gasteiger partial charge on any atom is 0.410 e. The van der Waals surface area contributed by atoms with Crippen LogP contribution in [0.3, 0.4) is 0 Å². The summed E-state index contributed by atoms with van der Waals surface area (Å²) in [7, 11) is 0. The maximum absolute atomic E-state index is 11.7. The van der Waals surface area contributed by atoms with E-state index in [1.165, 1.54) is 0 Å². The summed E-state index contributed by atoms with van der Waals surface area (Å²) in [6.45, 7) is 7.10. The van der Waals surface area contributed by atoms with E-state index >= 15 is 0 Å². The molecule has 1 saturated heterocycles. The van der Waals surface area contributed by atoms with E-state index in [9.17, 15) is 4.79 Å². The van der Waals surface area contributed by atoms with Crippen molar-refractivity contribution >= 4 is 17.9 Å². The van der Waals surface area contributed by atoms with Gasteiger partial charge in [-0.15, -0.1) is 0 Å². The largest absolute Gasteiger partial charge is 0.444 e. The van der Waals surface area contributed by atoms with Crippen LogP contribution in [0.4, 0.5) is 4.79 Å². The number of thioether (sulfide) groups is 1. The molecule has 0 spiro atoms. The molecule has 0 radical (unpaired) electrons. The van der Waals surface area contributed by atoms with Gasteiger partial charge in [-0.2, -0.15) is 0 Å². The Morgan fingerprint density at radius 2 is 2.17 bits per heavy atom. The Morgan fingerprint density at radius 1 is 1.44 bits per heavy atom. The van der Waals surface area contributed by atoms with Crippen molar-refractivity contribution in [2.24, 2.45) is 0 Å². The van der Waals surface area contributed by atoms with E-state index in [1.807, 2.05) is 39.0 Å². The molecule has 2 heterocycles. The van der Waals surface area contributed by atoms with Crippen molar-refractivity contribution in [1.29, 1.82) is 0 Å². The molecule has 5 heteroatoms. The predicted octanol–water partition coefficient (Wildman–Crippen LogP) is 2.79. The lowest BCUT2D eigenvalue weighted by Gasteiger charge is -2.39. The number of carbonyl (C=O) groups excluding carboxylic acids is 1. The number of nitrogens with zero attached hydrogens (tertiary/aromatic N) is 2. The molecule has 0 unspecified atom stereocenters. The van der Waals surface area contributed by atoms with Crippen LogP contribution in [0.5, 0.6) is 0 Å². The number of likely N-dealkylation sites (tertiary alicyclic amines) is 1. The third-order valence-electron chi connectivity index (χ3n) is 2.42. The highest BCUT2D eigenvalue weighted by Gasteiger charge is 2.34. The van der Waals surface area contributed by atoms with Crippen LogP contribution in [-0.2, 0) is 4.74 Å². The normalized spacial score (nSPS) is 16.3. The summed E-state index contributed by atoms with van der Waals surface area (Å²) in [4.78, 5) is 17.7. The number of hydrogen-bond acceptors (Lipinski definition) is 4. The van der Waals surface area contributed by atoms with Crippen molar-refractivity contribution in [1.82, 2.24) is 9.88 Å². The summed E-state index contributed by atoms with van der Waals surface area (Å²) < 4.78 is 5.30. The van der Waals surface area contributed by atoms with Gasteiger partial charge in [0.05, 0.1) is 5.03 Å². The lowest BCUT2D eigenvalue weighted by atomic mass is 10.2. The molecule has 0 aliphatic carbocycles. The Hall–Kier alpha value is -1.23. The van der Waals surface area contributed by atoms with Crippen LogP contribution in [-0.4, -0.2) is 39.9 Å². The lowest BCUT2D eigenvalue weighted by Crippen LogP contribution is -2.53. The van der Waals surface area contributed by atoms with E-state index in [-0.39, 0.29) is 6.09 Å². The first-order valence-electron chi connectivity index (χ1n) is 6.00. The minimum Gasteiger partial charge on any atom is -0.444 e. The molecule has 0 aromatic carbocycles. The molecule has 1 aromatic rings. The quantitative estimate of drug-likeness (QED) is 0.825. The Morgan fingerprint density at radius 3 is 2.72 bits per heavy atom. The van der Waals surface area contributed by atoms with Gasteiger partial charge in [0.15, 0.2) is 0 Å². The van der Waals surface area contributed by atoms with Crippen LogP contribution < -0.4 is 0 Å². The van der Waals surface area contributed by atoms with E-state index in [0.717, 1.165) is 18.1 Å². The first-order chi connectivity index (χ1) is 8.44. The number of hydrogen-bond donors (Lipinski definition) is 0. The summed E-state index contributed by atoms with van der Waals surface area (Å²) in [6, 6.07) is 5.86. The van der Waals surface area contributed by atoms with Crippen molar-refractivity contribution in [3.63, 3.8) is 0 Å². The van der Waals surface area contributed by atoms with Crippen LogP contribution in [0.2, 0.25) is 0 Å². The second kappa shape index (κ2) is 5.18. The Kier molecular flexibility index (Phi) is 3.80. The lowest BCUT2D eigenvalue weighted by molar-refractivity contribution is 0.0144. The van der Waals surface area contributed by atoms with Crippen LogP contribution in [0.25, 0.3) is 0 Å². The molecule has 0 atom stereocenters. The highest BCUT2D eigenvalue weighted by Crippen LogP contribution is 2.28. The SMILES string of the molecule is CC(C)(C)OC(=O)N1CC(Sc2ccccn2)C1. The molecule has 1 aliphatic rings. The molecule has 0 N–H and O–H groups in total. The zero-order chi connectivity index (χ0) is 13.2. The van der Waals surface area contributed by atoms with Gasteiger partial charge in [0.25, 0.3) is 0 Å². The highest BCUT2D eigenvalue weighted by atomic mass is 32.2. The molecule has 0 bridgehead atoms. The van der Waals surface area contributed by atoms with Crippen molar-refractivity contribution in [3.8, 4) is 0 Å². The van der Waals surface area contributed by atoms with Crippen molar-refractivity contribution in [2.45, 2.75) is 36.6 Å². The Balaban J connectivity index is 1.76. The fourth-order valence-electron chi connectivity index (χ4n) is 1.58.